The summed E-state index contributed by atoms with van der Waals surface area (Å²) in [6.07, 6.45) is 7.23. The summed E-state index contributed by atoms with van der Waals surface area (Å²) < 4.78 is 0. The van der Waals surface area contributed by atoms with Crippen molar-refractivity contribution in [3.05, 3.63) is 29.3 Å². The second-order valence-electron chi connectivity index (χ2n) is 6.34. The number of fused-ring (bicyclic) bond motifs is 2. The van der Waals surface area contributed by atoms with Crippen molar-refractivity contribution in [2.75, 3.05) is 0 Å². The van der Waals surface area contributed by atoms with Crippen LogP contribution in [0.25, 0.3) is 0 Å². The van der Waals surface area contributed by atoms with Gasteiger partial charge in [0.2, 0.25) is 0 Å². The zero-order chi connectivity index (χ0) is 16.1. The van der Waals surface area contributed by atoms with Gasteiger partial charge in [0.15, 0.2) is 0 Å². The molecule has 1 aromatic carbocycles. The Hall–Kier alpha value is 0.153. The molecule has 3 rings (SSSR count). The number of benzene rings is 1. The molecular weight excluding hydrogens is 396 g/mol. The first-order valence-corrected chi connectivity index (χ1v) is 14.2. The average Bonchev–Trinajstić information content (AvgIpc) is 3.09. The van der Waals surface area contributed by atoms with E-state index in [9.17, 15) is 5.11 Å². The van der Waals surface area contributed by atoms with Crippen molar-refractivity contribution in [1.29, 1.82) is 0 Å². The van der Waals surface area contributed by atoms with Crippen LogP contribution < -0.4 is 0 Å². The first kappa shape index (κ1) is 18.5. The molecule has 1 N–H and O–H groups in total. The van der Waals surface area contributed by atoms with Gasteiger partial charge in [-0.25, -0.2) is 0 Å². The van der Waals surface area contributed by atoms with Crippen LogP contribution in [0.3, 0.4) is 0 Å². The third-order valence-corrected chi connectivity index (χ3v) is 5.11. The molecule has 0 saturated heterocycles. The number of aromatic hydroxyl groups is 1. The molecule has 2 nitrogen and oxygen atoms in total. The van der Waals surface area contributed by atoms with Crippen molar-refractivity contribution in [1.82, 2.24) is 0 Å². The molecule has 4 atom stereocenters. The first-order valence-electron chi connectivity index (χ1n) is 7.88. The predicted molar refractivity (Wildman–Crippen MR) is 90.5 cm³/mol. The minimum atomic E-state index is -0.826. The van der Waals surface area contributed by atoms with Crippen molar-refractivity contribution in [2.24, 2.45) is 22.7 Å². The molecule has 2 saturated carbocycles. The molecule has 0 radical (unpaired) electrons. The molecule has 0 aromatic heterocycles. The summed E-state index contributed by atoms with van der Waals surface area (Å²) in [6.45, 7) is 4.23. The van der Waals surface area contributed by atoms with Gasteiger partial charge in [0.25, 0.3) is 0 Å². The van der Waals surface area contributed by atoms with Crippen LogP contribution in [0.4, 0.5) is 0 Å². The first-order chi connectivity index (χ1) is 10.6. The van der Waals surface area contributed by atoms with Crippen molar-refractivity contribution in [3.63, 3.8) is 0 Å². The van der Waals surface area contributed by atoms with Crippen LogP contribution in [-0.4, -0.2) is 17.4 Å². The van der Waals surface area contributed by atoms with Gasteiger partial charge in [0, 0.05) is 11.8 Å². The number of hydrogen-bond acceptors (Lipinski definition) is 2. The summed E-state index contributed by atoms with van der Waals surface area (Å²) in [5.41, 5.74) is 1.78. The van der Waals surface area contributed by atoms with Crippen LogP contribution in [0.5, 0.6) is 5.75 Å². The number of rotatable bonds is 3. The van der Waals surface area contributed by atoms with Gasteiger partial charge >= 0.3 is 37.9 Å². The molecule has 5 heteroatoms. The SMILES string of the molecule is CCC1CC2CC(N=Cc3cccc(C)c3O)C1C2.[Cl][Zr][Cl]. The number of aliphatic imine (C=N–C) groups is 1. The Labute approximate surface area is 152 Å². The van der Waals surface area contributed by atoms with E-state index in [1.54, 1.807) is 0 Å². The Morgan fingerprint density at radius 1 is 1.32 bits per heavy atom. The molecule has 22 heavy (non-hydrogen) atoms. The second-order valence-corrected chi connectivity index (χ2v) is 10.1. The molecule has 0 aliphatic heterocycles. The van der Waals surface area contributed by atoms with Gasteiger partial charge in [-0.1, -0.05) is 25.5 Å². The molecule has 0 heterocycles. The topological polar surface area (TPSA) is 32.6 Å². The van der Waals surface area contributed by atoms with E-state index < -0.39 is 20.8 Å². The van der Waals surface area contributed by atoms with Crippen LogP contribution in [-0.2, 0) is 20.8 Å². The molecule has 2 aliphatic rings. The number of phenols is 1. The zero-order valence-electron chi connectivity index (χ0n) is 13.1. The van der Waals surface area contributed by atoms with Crippen LogP contribution in [0, 0.1) is 24.7 Å². The van der Waals surface area contributed by atoms with E-state index in [2.05, 4.69) is 6.92 Å². The van der Waals surface area contributed by atoms with Gasteiger partial charge in [0.05, 0.1) is 6.04 Å². The molecule has 1 aromatic rings. The average molecular weight is 420 g/mol. The van der Waals surface area contributed by atoms with Gasteiger partial charge in [-0.3, -0.25) is 4.99 Å². The van der Waals surface area contributed by atoms with Crippen molar-refractivity contribution < 1.29 is 26.0 Å². The Bertz CT molecular complexity index is 523. The number of aryl methyl sites for hydroxylation is 1. The number of halogens is 2. The van der Waals surface area contributed by atoms with Gasteiger partial charge < -0.3 is 5.11 Å². The Morgan fingerprint density at radius 3 is 2.68 bits per heavy atom. The van der Waals surface area contributed by atoms with Crippen molar-refractivity contribution >= 4 is 23.2 Å². The monoisotopic (exact) mass is 417 g/mol. The fraction of sp³-hybridized carbons (Fsp3) is 0.588. The standard InChI is InChI=1S/C17H23NO.2ClH.Zr/c1-3-13-7-12-8-15(13)16(9-12)18-10-14-6-4-5-11(2)17(14)19;;;/h4-6,10,12-13,15-16,19H,3,7-9H2,1-2H3;2*1H;/q;;;+2/p-2. The molecule has 0 amide bonds. The summed E-state index contributed by atoms with van der Waals surface area (Å²) in [7, 11) is 9.87. The fourth-order valence-corrected chi connectivity index (χ4v) is 4.06. The summed E-state index contributed by atoms with van der Waals surface area (Å²) in [4.78, 5) is 4.79. The maximum absolute atomic E-state index is 10.0. The third-order valence-electron chi connectivity index (χ3n) is 5.11. The fourth-order valence-electron chi connectivity index (χ4n) is 4.06. The number of phenolic OH excluding ortho intramolecular Hbond substituents is 1. The molecule has 120 valence electrons. The summed E-state index contributed by atoms with van der Waals surface area (Å²) in [5.74, 6) is 2.95. The van der Waals surface area contributed by atoms with E-state index in [0.717, 1.165) is 28.9 Å². The van der Waals surface area contributed by atoms with Crippen LogP contribution in [0.15, 0.2) is 23.2 Å². The summed E-state index contributed by atoms with van der Waals surface area (Å²) >= 11 is -0.826. The number of para-hydroxylation sites is 1. The predicted octanol–water partition coefficient (Wildman–Crippen LogP) is 5.32. The molecule has 0 spiro atoms. The van der Waals surface area contributed by atoms with Gasteiger partial charge in [-0.05, 0) is 55.6 Å². The molecule has 2 bridgehead atoms. The maximum atomic E-state index is 10.0. The van der Waals surface area contributed by atoms with E-state index in [1.807, 2.05) is 31.3 Å². The Morgan fingerprint density at radius 2 is 2.05 bits per heavy atom. The zero-order valence-corrected chi connectivity index (χ0v) is 17.1. The molecule has 2 aliphatic carbocycles. The van der Waals surface area contributed by atoms with Crippen LogP contribution >= 0.6 is 17.0 Å². The van der Waals surface area contributed by atoms with Crippen molar-refractivity contribution in [2.45, 2.75) is 45.6 Å². The van der Waals surface area contributed by atoms with Gasteiger partial charge in [-0.2, -0.15) is 0 Å². The van der Waals surface area contributed by atoms with Gasteiger partial charge in [0.1, 0.15) is 5.75 Å². The van der Waals surface area contributed by atoms with Crippen LogP contribution in [0.2, 0.25) is 0 Å². The second kappa shape index (κ2) is 8.85. The van der Waals surface area contributed by atoms with Gasteiger partial charge in [-0.15, -0.1) is 0 Å². The summed E-state index contributed by atoms with van der Waals surface area (Å²) in [5, 5.41) is 10.0. The molecular formula is C17H23Cl2NOZr. The van der Waals surface area contributed by atoms with E-state index >= 15 is 0 Å². The Balaban J connectivity index is 0.000000545. The van der Waals surface area contributed by atoms with E-state index in [-0.39, 0.29) is 0 Å². The molecule has 2 fully saturated rings. The van der Waals surface area contributed by atoms with E-state index in [4.69, 9.17) is 22.0 Å². The quantitative estimate of drug-likeness (QED) is 0.661. The van der Waals surface area contributed by atoms with Crippen molar-refractivity contribution in [3.8, 4) is 5.75 Å². The van der Waals surface area contributed by atoms with Crippen LogP contribution in [0.1, 0.15) is 43.7 Å². The minimum absolute atomic E-state index is 0.376. The Kier molecular flexibility index (Phi) is 7.44. The normalized spacial score (nSPS) is 29.5. The number of nitrogens with zero attached hydrogens (tertiary/aromatic N) is 1. The summed E-state index contributed by atoms with van der Waals surface area (Å²) in [6, 6.07) is 6.34. The number of hydrogen-bond donors (Lipinski definition) is 1. The van der Waals surface area contributed by atoms with E-state index in [0.29, 0.717) is 11.8 Å². The third kappa shape index (κ3) is 4.37. The van der Waals surface area contributed by atoms with E-state index in [1.165, 1.54) is 25.7 Å². The molecule has 4 unspecified atom stereocenters.